The molecule has 0 atom stereocenters. The first-order valence-electron chi connectivity index (χ1n) is 13.7. The highest BCUT2D eigenvalue weighted by atomic mass is 16.6. The van der Waals surface area contributed by atoms with Crippen LogP contribution in [-0.4, -0.2) is 28.7 Å². The number of primary amides is 1. The first-order chi connectivity index (χ1) is 21.3. The van der Waals surface area contributed by atoms with Crippen LogP contribution in [0.3, 0.4) is 0 Å². The summed E-state index contributed by atoms with van der Waals surface area (Å²) in [5.41, 5.74) is 10.8. The van der Waals surface area contributed by atoms with Crippen LogP contribution < -0.4 is 11.1 Å². The summed E-state index contributed by atoms with van der Waals surface area (Å²) in [6.45, 7) is 1.99. The third kappa shape index (κ3) is 8.29. The molecule has 0 saturated heterocycles. The monoisotopic (exact) mass is 586 g/mol. The summed E-state index contributed by atoms with van der Waals surface area (Å²) in [5.74, 6) is -0.395. The fourth-order valence-electron chi connectivity index (χ4n) is 4.49. The number of nitro groups is 1. The minimum atomic E-state index is -0.426. The van der Waals surface area contributed by atoms with E-state index in [-0.39, 0.29) is 30.2 Å². The molecule has 0 unspecified atom stereocenters. The van der Waals surface area contributed by atoms with Gasteiger partial charge in [-0.15, -0.1) is 0 Å². The SMILES string of the molecule is Cc1ccc(CC(=O)Nc2ccc(/C=C/C3=CCC(c4ccc([N+](=O)[O-])cc4)=N3)cc2C(=O)c2ccccc2)cc1.NC=O. The lowest BCUT2D eigenvalue weighted by Gasteiger charge is -2.12. The summed E-state index contributed by atoms with van der Waals surface area (Å²) in [5, 5.41) is 13.8. The van der Waals surface area contributed by atoms with Crippen LogP contribution in [0.15, 0.2) is 120 Å². The van der Waals surface area contributed by atoms with Crippen molar-refractivity contribution in [2.45, 2.75) is 19.8 Å². The van der Waals surface area contributed by atoms with E-state index >= 15 is 0 Å². The maximum absolute atomic E-state index is 13.5. The van der Waals surface area contributed by atoms with Crippen molar-refractivity contribution in [3.05, 3.63) is 158 Å². The topological polar surface area (TPSA) is 145 Å². The zero-order valence-corrected chi connectivity index (χ0v) is 24.0. The van der Waals surface area contributed by atoms with Crippen molar-refractivity contribution in [1.29, 1.82) is 0 Å². The Morgan fingerprint density at radius 2 is 1.64 bits per heavy atom. The van der Waals surface area contributed by atoms with Crippen LogP contribution in [0.1, 0.15) is 44.6 Å². The Hall–Kier alpha value is -5.96. The highest BCUT2D eigenvalue weighted by Gasteiger charge is 2.17. The van der Waals surface area contributed by atoms with E-state index in [1.54, 1.807) is 48.5 Å². The molecule has 4 aromatic rings. The number of non-ortho nitro benzene ring substituents is 1. The number of carbonyl (C=O) groups excluding carboxylic acids is 3. The number of allylic oxidation sites excluding steroid dienone is 2. The molecule has 220 valence electrons. The zero-order chi connectivity index (χ0) is 31.5. The van der Waals surface area contributed by atoms with Gasteiger partial charge in [-0.2, -0.15) is 0 Å². The van der Waals surface area contributed by atoms with Crippen molar-refractivity contribution in [3.8, 4) is 0 Å². The van der Waals surface area contributed by atoms with Gasteiger partial charge in [-0.05, 0) is 54.0 Å². The van der Waals surface area contributed by atoms with Crippen molar-refractivity contribution in [2.75, 3.05) is 5.32 Å². The Bertz CT molecular complexity index is 1760. The first-order valence-corrected chi connectivity index (χ1v) is 13.7. The van der Waals surface area contributed by atoms with Crippen molar-refractivity contribution < 1.29 is 19.3 Å². The number of anilines is 1. The van der Waals surface area contributed by atoms with Crippen LogP contribution >= 0.6 is 0 Å². The fraction of sp³-hybridized carbons (Fsp3) is 0.0857. The average Bonchev–Trinajstić information content (AvgIpc) is 3.51. The van der Waals surface area contributed by atoms with Gasteiger partial charge in [0.1, 0.15) is 0 Å². The van der Waals surface area contributed by atoms with E-state index in [1.807, 2.05) is 61.5 Å². The van der Waals surface area contributed by atoms with Gasteiger partial charge in [-0.1, -0.05) is 78.4 Å². The first kappa shape index (κ1) is 31.0. The molecule has 4 aromatic carbocycles. The minimum Gasteiger partial charge on any atom is -0.372 e. The highest BCUT2D eigenvalue weighted by molar-refractivity contribution is 6.14. The molecular formula is C35H30N4O5. The maximum atomic E-state index is 13.5. The van der Waals surface area contributed by atoms with Crippen LogP contribution in [0.4, 0.5) is 11.4 Å². The number of nitrogens with zero attached hydrogens (tertiary/aromatic N) is 2. The molecule has 5 rings (SSSR count). The molecule has 1 aliphatic heterocycles. The van der Waals surface area contributed by atoms with Crippen LogP contribution in [0.2, 0.25) is 0 Å². The second-order valence-corrected chi connectivity index (χ2v) is 9.88. The van der Waals surface area contributed by atoms with Gasteiger partial charge in [0.05, 0.1) is 28.4 Å². The number of ketones is 1. The quantitative estimate of drug-likeness (QED) is 0.104. The molecular weight excluding hydrogens is 556 g/mol. The summed E-state index contributed by atoms with van der Waals surface area (Å²) in [6, 6.07) is 28.4. The number of nitro benzene ring substituents is 1. The number of hydrogen-bond acceptors (Lipinski definition) is 6. The van der Waals surface area contributed by atoms with Crippen molar-refractivity contribution in [3.63, 3.8) is 0 Å². The van der Waals surface area contributed by atoms with Crippen molar-refractivity contribution >= 4 is 41.3 Å². The summed E-state index contributed by atoms with van der Waals surface area (Å²) in [4.78, 5) is 50.1. The lowest BCUT2D eigenvalue weighted by atomic mass is 9.98. The normalized spacial score (nSPS) is 12.0. The van der Waals surface area contributed by atoms with E-state index in [2.05, 4.69) is 16.0 Å². The van der Waals surface area contributed by atoms with E-state index in [0.717, 1.165) is 33.7 Å². The number of aliphatic imine (C=N–C) groups is 1. The molecule has 1 aliphatic rings. The predicted octanol–water partition coefficient (Wildman–Crippen LogP) is 6.21. The standard InChI is InChI=1S/C34H27N3O4.CH3NO/c1-23-7-9-25(10-8-23)22-33(38)36-32-19-12-24(21-30(32)34(39)27-5-3-2-4-6-27)11-15-28-16-20-31(35-28)26-13-17-29(18-14-26)37(40)41;2-1-3/h2-19,21H,20,22H2,1H3,(H,36,38);1H,(H2,2,3)/b15-11+;. The van der Waals surface area contributed by atoms with Crippen LogP contribution in [0.5, 0.6) is 0 Å². The van der Waals surface area contributed by atoms with Gasteiger partial charge < -0.3 is 11.1 Å². The molecule has 0 aliphatic carbocycles. The average molecular weight is 587 g/mol. The fourth-order valence-corrected chi connectivity index (χ4v) is 4.49. The number of rotatable bonds is 9. The maximum Gasteiger partial charge on any atom is 0.269 e. The Labute approximate surface area is 254 Å². The van der Waals surface area contributed by atoms with Gasteiger partial charge in [0.25, 0.3) is 5.69 Å². The molecule has 0 spiro atoms. The largest absolute Gasteiger partial charge is 0.372 e. The van der Waals surface area contributed by atoms with Gasteiger partial charge in [0, 0.05) is 29.7 Å². The molecule has 44 heavy (non-hydrogen) atoms. The summed E-state index contributed by atoms with van der Waals surface area (Å²) in [7, 11) is 0. The lowest BCUT2D eigenvalue weighted by molar-refractivity contribution is -0.384. The van der Waals surface area contributed by atoms with Crippen LogP contribution in [0, 0.1) is 17.0 Å². The number of carbonyl (C=O) groups is 3. The number of nitrogens with one attached hydrogen (secondary N) is 1. The molecule has 0 bridgehead atoms. The third-order valence-corrected chi connectivity index (χ3v) is 6.71. The Balaban J connectivity index is 0.00000141. The van der Waals surface area contributed by atoms with Gasteiger partial charge in [-0.25, -0.2) is 0 Å². The molecule has 0 fully saturated rings. The second kappa shape index (κ2) is 14.8. The van der Waals surface area contributed by atoms with E-state index in [9.17, 15) is 19.7 Å². The highest BCUT2D eigenvalue weighted by Crippen LogP contribution is 2.25. The smallest absolute Gasteiger partial charge is 0.269 e. The third-order valence-electron chi connectivity index (χ3n) is 6.71. The number of hydrogen-bond donors (Lipinski definition) is 2. The van der Waals surface area contributed by atoms with Crippen LogP contribution in [0.25, 0.3) is 6.08 Å². The van der Waals surface area contributed by atoms with Crippen LogP contribution in [-0.2, 0) is 16.0 Å². The minimum absolute atomic E-state index is 0.0380. The second-order valence-electron chi connectivity index (χ2n) is 9.88. The number of amides is 2. The summed E-state index contributed by atoms with van der Waals surface area (Å²) in [6.07, 6.45) is 6.77. The van der Waals surface area contributed by atoms with Gasteiger partial charge in [0.2, 0.25) is 12.3 Å². The Morgan fingerprint density at radius 1 is 0.955 bits per heavy atom. The molecule has 9 nitrogen and oxygen atoms in total. The molecule has 3 N–H and O–H groups in total. The van der Waals surface area contributed by atoms with Gasteiger partial charge in [0.15, 0.2) is 5.78 Å². The van der Waals surface area contributed by atoms with E-state index < -0.39 is 4.92 Å². The van der Waals surface area contributed by atoms with E-state index in [4.69, 9.17) is 4.79 Å². The lowest BCUT2D eigenvalue weighted by Crippen LogP contribution is -2.17. The predicted molar refractivity (Wildman–Crippen MR) is 171 cm³/mol. The molecule has 1 heterocycles. The summed E-state index contributed by atoms with van der Waals surface area (Å²) < 4.78 is 0. The number of aryl methyl sites for hydroxylation is 1. The molecule has 9 heteroatoms. The Morgan fingerprint density at radius 3 is 2.30 bits per heavy atom. The van der Waals surface area contributed by atoms with Crippen molar-refractivity contribution in [2.24, 2.45) is 10.7 Å². The number of benzene rings is 4. The molecule has 0 saturated carbocycles. The van der Waals surface area contributed by atoms with E-state index in [1.165, 1.54) is 12.1 Å². The molecule has 0 radical (unpaired) electrons. The van der Waals surface area contributed by atoms with E-state index in [0.29, 0.717) is 23.2 Å². The molecule has 0 aromatic heterocycles. The summed E-state index contributed by atoms with van der Waals surface area (Å²) >= 11 is 0. The molecule has 2 amide bonds. The van der Waals surface area contributed by atoms with Gasteiger partial charge in [-0.3, -0.25) is 29.5 Å². The zero-order valence-electron chi connectivity index (χ0n) is 24.0. The number of nitrogens with two attached hydrogens (primary N) is 1. The van der Waals surface area contributed by atoms with Crippen molar-refractivity contribution in [1.82, 2.24) is 0 Å². The Kier molecular flexibility index (Phi) is 10.4. The van der Waals surface area contributed by atoms with Gasteiger partial charge >= 0.3 is 0 Å².